The van der Waals surface area contributed by atoms with Crippen molar-refractivity contribution in [3.8, 4) is 0 Å². The molecule has 0 aliphatic heterocycles. The van der Waals surface area contributed by atoms with Crippen LogP contribution in [0, 0.1) is 6.92 Å². The molecule has 0 amide bonds. The summed E-state index contributed by atoms with van der Waals surface area (Å²) in [4.78, 5) is 0. The van der Waals surface area contributed by atoms with Gasteiger partial charge in [-0.1, -0.05) is 0 Å². The third-order valence-electron chi connectivity index (χ3n) is 2.91. The lowest BCUT2D eigenvalue weighted by Crippen LogP contribution is -2.26. The first-order valence-electron chi connectivity index (χ1n) is 6.05. The summed E-state index contributed by atoms with van der Waals surface area (Å²) >= 11 is 0. The minimum absolute atomic E-state index is 0.175. The highest BCUT2D eigenvalue weighted by Crippen LogP contribution is 2.05. The first-order chi connectivity index (χ1) is 8.46. The zero-order valence-electron chi connectivity index (χ0n) is 11.2. The number of sulfonamides is 1. The summed E-state index contributed by atoms with van der Waals surface area (Å²) in [5, 5.41) is 7.07. The van der Waals surface area contributed by atoms with E-state index in [1.807, 2.05) is 21.0 Å². The molecular weight excluding hydrogens is 252 g/mol. The number of aromatic nitrogens is 2. The Hall–Kier alpha value is -0.920. The molecule has 0 bridgehead atoms. The third kappa shape index (κ3) is 4.75. The van der Waals surface area contributed by atoms with Gasteiger partial charge in [-0.05, 0) is 33.4 Å². The Morgan fingerprint density at radius 2 is 2.11 bits per heavy atom. The molecule has 0 unspecified atom stereocenters. The molecule has 0 aliphatic rings. The summed E-state index contributed by atoms with van der Waals surface area (Å²) < 4.78 is 27.8. The first kappa shape index (κ1) is 15.1. The van der Waals surface area contributed by atoms with Gasteiger partial charge < -0.3 is 5.32 Å². The standard InChI is InChI=1S/C11H22N4O2S/c1-10-11(8-13-15(10)3)9-14-18(16,17)7-5-4-6-12-2/h8,12,14H,4-7,9H2,1-3H3. The van der Waals surface area contributed by atoms with Crippen molar-refractivity contribution in [1.29, 1.82) is 0 Å². The minimum Gasteiger partial charge on any atom is -0.320 e. The molecule has 18 heavy (non-hydrogen) atoms. The quantitative estimate of drug-likeness (QED) is 0.662. The molecule has 2 N–H and O–H groups in total. The predicted molar refractivity (Wildman–Crippen MR) is 71.7 cm³/mol. The van der Waals surface area contributed by atoms with Crippen LogP contribution in [0.2, 0.25) is 0 Å². The van der Waals surface area contributed by atoms with Gasteiger partial charge in [-0.15, -0.1) is 0 Å². The van der Waals surface area contributed by atoms with Crippen molar-refractivity contribution >= 4 is 10.0 Å². The second-order valence-electron chi connectivity index (χ2n) is 4.33. The Morgan fingerprint density at radius 1 is 1.39 bits per heavy atom. The Kier molecular flexibility index (Phi) is 5.77. The molecule has 0 saturated heterocycles. The average Bonchev–Trinajstić information content (AvgIpc) is 2.63. The highest BCUT2D eigenvalue weighted by atomic mass is 32.2. The molecule has 0 spiro atoms. The van der Waals surface area contributed by atoms with Gasteiger partial charge in [0.15, 0.2) is 0 Å². The molecule has 6 nitrogen and oxygen atoms in total. The largest absolute Gasteiger partial charge is 0.320 e. The number of nitrogens with one attached hydrogen (secondary N) is 2. The lowest BCUT2D eigenvalue weighted by molar-refractivity contribution is 0.575. The van der Waals surface area contributed by atoms with Gasteiger partial charge in [0.1, 0.15) is 0 Å². The molecule has 0 saturated carbocycles. The predicted octanol–water partition coefficient (Wildman–Crippen LogP) is 0.148. The van der Waals surface area contributed by atoms with Gasteiger partial charge in [0.2, 0.25) is 10.0 Å². The van der Waals surface area contributed by atoms with E-state index in [2.05, 4.69) is 15.1 Å². The number of aryl methyl sites for hydroxylation is 1. The van der Waals surface area contributed by atoms with Crippen LogP contribution in [0.4, 0.5) is 0 Å². The highest BCUT2D eigenvalue weighted by Gasteiger charge is 2.11. The topological polar surface area (TPSA) is 76.0 Å². The number of nitrogens with zero attached hydrogens (tertiary/aromatic N) is 2. The van der Waals surface area contributed by atoms with Crippen LogP contribution in [0.25, 0.3) is 0 Å². The summed E-state index contributed by atoms with van der Waals surface area (Å²) in [6, 6.07) is 0. The summed E-state index contributed by atoms with van der Waals surface area (Å²) in [5.74, 6) is 0.175. The lowest BCUT2D eigenvalue weighted by atomic mass is 10.3. The van der Waals surface area contributed by atoms with E-state index in [1.54, 1.807) is 10.9 Å². The van der Waals surface area contributed by atoms with Crippen LogP contribution >= 0.6 is 0 Å². The van der Waals surface area contributed by atoms with E-state index in [1.165, 1.54) is 0 Å². The van der Waals surface area contributed by atoms with Crippen LogP contribution in [0.5, 0.6) is 0 Å². The van der Waals surface area contributed by atoms with Crippen molar-refractivity contribution < 1.29 is 8.42 Å². The van der Waals surface area contributed by atoms with E-state index in [0.29, 0.717) is 13.0 Å². The smallest absolute Gasteiger partial charge is 0.211 e. The van der Waals surface area contributed by atoms with E-state index in [4.69, 9.17) is 0 Å². The van der Waals surface area contributed by atoms with E-state index in [-0.39, 0.29) is 5.75 Å². The highest BCUT2D eigenvalue weighted by molar-refractivity contribution is 7.89. The second kappa shape index (κ2) is 6.86. The van der Waals surface area contributed by atoms with Crippen molar-refractivity contribution in [1.82, 2.24) is 19.8 Å². The number of unbranched alkanes of at least 4 members (excludes halogenated alkanes) is 1. The van der Waals surface area contributed by atoms with Crippen molar-refractivity contribution in [2.75, 3.05) is 19.3 Å². The molecule has 0 atom stereocenters. The van der Waals surface area contributed by atoms with E-state index in [9.17, 15) is 8.42 Å². The van der Waals surface area contributed by atoms with Crippen molar-refractivity contribution in [2.45, 2.75) is 26.3 Å². The fourth-order valence-corrected chi connectivity index (χ4v) is 2.68. The summed E-state index contributed by atoms with van der Waals surface area (Å²) in [6.45, 7) is 3.08. The molecule has 1 aromatic heterocycles. The summed E-state index contributed by atoms with van der Waals surface area (Å²) in [6.07, 6.45) is 3.23. The van der Waals surface area contributed by atoms with Gasteiger partial charge >= 0.3 is 0 Å². The molecule has 1 aromatic rings. The maximum absolute atomic E-state index is 11.7. The lowest BCUT2D eigenvalue weighted by Gasteiger charge is -2.06. The van der Waals surface area contributed by atoms with Crippen LogP contribution in [0.15, 0.2) is 6.20 Å². The van der Waals surface area contributed by atoms with Crippen molar-refractivity contribution in [3.63, 3.8) is 0 Å². The van der Waals surface area contributed by atoms with Crippen LogP contribution in [0.1, 0.15) is 24.1 Å². The second-order valence-corrected chi connectivity index (χ2v) is 6.26. The Morgan fingerprint density at radius 3 is 2.67 bits per heavy atom. The molecule has 1 heterocycles. The number of hydrogen-bond donors (Lipinski definition) is 2. The first-order valence-corrected chi connectivity index (χ1v) is 7.71. The molecule has 1 rings (SSSR count). The molecule has 7 heteroatoms. The number of hydrogen-bond acceptors (Lipinski definition) is 4. The monoisotopic (exact) mass is 274 g/mol. The van der Waals surface area contributed by atoms with Gasteiger partial charge in [-0.2, -0.15) is 5.10 Å². The Bertz CT molecular complexity index is 467. The Balaban J connectivity index is 2.40. The van der Waals surface area contributed by atoms with Crippen molar-refractivity contribution in [2.24, 2.45) is 7.05 Å². The third-order valence-corrected chi connectivity index (χ3v) is 4.32. The zero-order chi connectivity index (χ0) is 13.6. The average molecular weight is 274 g/mol. The van der Waals surface area contributed by atoms with Crippen LogP contribution in [0.3, 0.4) is 0 Å². The normalized spacial score (nSPS) is 11.9. The molecule has 0 fully saturated rings. The fraction of sp³-hybridized carbons (Fsp3) is 0.727. The van der Waals surface area contributed by atoms with Crippen LogP contribution < -0.4 is 10.0 Å². The molecule has 0 radical (unpaired) electrons. The van der Waals surface area contributed by atoms with Crippen LogP contribution in [-0.2, 0) is 23.6 Å². The van der Waals surface area contributed by atoms with E-state index in [0.717, 1.165) is 24.2 Å². The minimum atomic E-state index is -3.18. The van der Waals surface area contributed by atoms with Crippen LogP contribution in [-0.4, -0.2) is 37.5 Å². The van der Waals surface area contributed by atoms with Gasteiger partial charge in [0, 0.05) is 24.8 Å². The molecule has 104 valence electrons. The van der Waals surface area contributed by atoms with Gasteiger partial charge in [0.25, 0.3) is 0 Å². The molecule has 0 aliphatic carbocycles. The van der Waals surface area contributed by atoms with Gasteiger partial charge in [-0.3, -0.25) is 4.68 Å². The maximum Gasteiger partial charge on any atom is 0.211 e. The number of rotatable bonds is 8. The fourth-order valence-electron chi connectivity index (χ4n) is 1.57. The zero-order valence-corrected chi connectivity index (χ0v) is 12.0. The molecule has 0 aromatic carbocycles. The van der Waals surface area contributed by atoms with Gasteiger partial charge in [0.05, 0.1) is 11.9 Å². The Labute approximate surface area is 109 Å². The van der Waals surface area contributed by atoms with Crippen molar-refractivity contribution in [3.05, 3.63) is 17.5 Å². The maximum atomic E-state index is 11.7. The SMILES string of the molecule is CNCCCCS(=O)(=O)NCc1cnn(C)c1C. The van der Waals surface area contributed by atoms with E-state index < -0.39 is 10.0 Å². The molecular formula is C11H22N4O2S. The summed E-state index contributed by atoms with van der Waals surface area (Å²) in [7, 11) is 0.515. The van der Waals surface area contributed by atoms with Gasteiger partial charge in [-0.25, -0.2) is 13.1 Å². The summed E-state index contributed by atoms with van der Waals surface area (Å²) in [5.41, 5.74) is 1.89. The van der Waals surface area contributed by atoms with E-state index >= 15 is 0 Å².